The van der Waals surface area contributed by atoms with Crippen LogP contribution in [0.1, 0.15) is 24.6 Å². The van der Waals surface area contributed by atoms with Crippen LogP contribution >= 0.6 is 0 Å². The standard InChI is InChI=1S/C17H20N4O3S/c1-2-25(22,23)21-7-5-17(11-21)12-24-10-14-9-19-16(20-15(14)17)13-4-3-6-18-8-13/h3-4,6,8-9H,2,5,7,10-12H2,1H3. The molecule has 1 saturated heterocycles. The average molecular weight is 360 g/mol. The van der Waals surface area contributed by atoms with Crippen molar-refractivity contribution in [3.63, 3.8) is 0 Å². The van der Waals surface area contributed by atoms with E-state index < -0.39 is 15.4 Å². The topological polar surface area (TPSA) is 85.3 Å². The first-order valence-electron chi connectivity index (χ1n) is 8.36. The van der Waals surface area contributed by atoms with Gasteiger partial charge in [-0.1, -0.05) is 0 Å². The fraction of sp³-hybridized carbons (Fsp3) is 0.471. The molecule has 132 valence electrons. The van der Waals surface area contributed by atoms with E-state index >= 15 is 0 Å². The van der Waals surface area contributed by atoms with Gasteiger partial charge in [0, 0.05) is 42.8 Å². The third kappa shape index (κ3) is 2.84. The molecule has 0 bridgehead atoms. The molecule has 0 aliphatic carbocycles. The van der Waals surface area contributed by atoms with Crippen molar-refractivity contribution in [3.8, 4) is 11.4 Å². The first-order valence-corrected chi connectivity index (χ1v) is 9.97. The molecule has 0 saturated carbocycles. The fourth-order valence-electron chi connectivity index (χ4n) is 3.60. The molecule has 1 spiro atoms. The molecule has 0 N–H and O–H groups in total. The molecule has 7 nitrogen and oxygen atoms in total. The molecule has 4 rings (SSSR count). The second-order valence-corrected chi connectivity index (χ2v) is 8.82. The Kier molecular flexibility index (Phi) is 4.05. The summed E-state index contributed by atoms with van der Waals surface area (Å²) >= 11 is 0. The Balaban J connectivity index is 1.75. The second-order valence-electron chi connectivity index (χ2n) is 6.57. The summed E-state index contributed by atoms with van der Waals surface area (Å²) in [7, 11) is -3.21. The maximum atomic E-state index is 12.3. The van der Waals surface area contributed by atoms with Crippen molar-refractivity contribution in [1.82, 2.24) is 19.3 Å². The van der Waals surface area contributed by atoms with Gasteiger partial charge < -0.3 is 4.74 Å². The van der Waals surface area contributed by atoms with Crippen LogP contribution in [0.25, 0.3) is 11.4 Å². The summed E-state index contributed by atoms with van der Waals surface area (Å²) in [6, 6.07) is 3.77. The zero-order chi connectivity index (χ0) is 17.5. The van der Waals surface area contributed by atoms with Gasteiger partial charge in [-0.2, -0.15) is 0 Å². The zero-order valence-corrected chi connectivity index (χ0v) is 14.9. The Labute approximate surface area is 147 Å². The number of aromatic nitrogens is 3. The number of nitrogens with zero attached hydrogens (tertiary/aromatic N) is 4. The number of hydrogen-bond donors (Lipinski definition) is 0. The number of ether oxygens (including phenoxy) is 1. The minimum absolute atomic E-state index is 0.113. The summed E-state index contributed by atoms with van der Waals surface area (Å²) in [5, 5.41) is 0. The van der Waals surface area contributed by atoms with E-state index in [4.69, 9.17) is 9.72 Å². The maximum absolute atomic E-state index is 12.3. The Morgan fingerprint density at radius 2 is 2.24 bits per heavy atom. The van der Waals surface area contributed by atoms with Crippen molar-refractivity contribution in [3.05, 3.63) is 42.0 Å². The van der Waals surface area contributed by atoms with E-state index in [1.807, 2.05) is 12.1 Å². The van der Waals surface area contributed by atoms with Gasteiger partial charge in [0.25, 0.3) is 0 Å². The van der Waals surface area contributed by atoms with Crippen LogP contribution in [0.3, 0.4) is 0 Å². The lowest BCUT2D eigenvalue weighted by Crippen LogP contribution is -2.42. The Bertz CT molecular complexity index is 888. The Morgan fingerprint density at radius 1 is 1.36 bits per heavy atom. The molecule has 4 heterocycles. The van der Waals surface area contributed by atoms with E-state index in [0.717, 1.165) is 16.8 Å². The third-order valence-corrected chi connectivity index (χ3v) is 6.83. The Morgan fingerprint density at radius 3 is 3.00 bits per heavy atom. The first-order chi connectivity index (χ1) is 12.0. The van der Waals surface area contributed by atoms with E-state index in [1.54, 1.807) is 29.8 Å². The van der Waals surface area contributed by atoms with E-state index in [1.165, 1.54) is 0 Å². The number of fused-ring (bicyclic) bond motifs is 2. The van der Waals surface area contributed by atoms with Gasteiger partial charge in [-0.25, -0.2) is 22.7 Å². The maximum Gasteiger partial charge on any atom is 0.213 e. The van der Waals surface area contributed by atoms with Crippen molar-refractivity contribution in [2.45, 2.75) is 25.4 Å². The van der Waals surface area contributed by atoms with E-state index in [-0.39, 0.29) is 5.75 Å². The highest BCUT2D eigenvalue weighted by Crippen LogP contribution is 2.40. The molecule has 8 heteroatoms. The second kappa shape index (κ2) is 6.12. The minimum Gasteiger partial charge on any atom is -0.376 e. The summed E-state index contributed by atoms with van der Waals surface area (Å²) in [6.45, 7) is 3.54. The molecule has 0 amide bonds. The number of hydrogen-bond acceptors (Lipinski definition) is 6. The number of sulfonamides is 1. The molecular weight excluding hydrogens is 340 g/mol. The van der Waals surface area contributed by atoms with Crippen molar-refractivity contribution < 1.29 is 13.2 Å². The molecule has 0 aromatic carbocycles. The normalized spacial score (nSPS) is 23.7. The van der Waals surface area contributed by atoms with Gasteiger partial charge in [-0.3, -0.25) is 4.98 Å². The monoisotopic (exact) mass is 360 g/mol. The van der Waals surface area contributed by atoms with Gasteiger partial charge in [0.1, 0.15) is 0 Å². The lowest BCUT2D eigenvalue weighted by atomic mass is 9.80. The van der Waals surface area contributed by atoms with E-state index in [9.17, 15) is 8.42 Å². The summed E-state index contributed by atoms with van der Waals surface area (Å²) in [6.07, 6.45) is 5.95. The highest BCUT2D eigenvalue weighted by molar-refractivity contribution is 7.89. The molecular formula is C17H20N4O3S. The fourth-order valence-corrected chi connectivity index (χ4v) is 4.77. The van der Waals surface area contributed by atoms with Crippen LogP contribution < -0.4 is 0 Å². The lowest BCUT2D eigenvalue weighted by molar-refractivity contribution is 0.0532. The van der Waals surface area contributed by atoms with Crippen LogP contribution in [0.5, 0.6) is 0 Å². The average Bonchev–Trinajstić information content (AvgIpc) is 3.08. The zero-order valence-electron chi connectivity index (χ0n) is 14.1. The van der Waals surface area contributed by atoms with Crippen molar-refractivity contribution >= 4 is 10.0 Å². The molecule has 2 aromatic rings. The molecule has 1 atom stereocenters. The Hall–Kier alpha value is -1.90. The quantitative estimate of drug-likeness (QED) is 0.822. The molecule has 2 aliphatic rings. The van der Waals surface area contributed by atoms with Crippen LogP contribution in [0.2, 0.25) is 0 Å². The molecule has 2 aliphatic heterocycles. The minimum atomic E-state index is -3.21. The lowest BCUT2D eigenvalue weighted by Gasteiger charge is -2.34. The van der Waals surface area contributed by atoms with Crippen LogP contribution in [-0.2, 0) is 26.8 Å². The van der Waals surface area contributed by atoms with Crippen LogP contribution in [-0.4, -0.2) is 53.1 Å². The summed E-state index contributed by atoms with van der Waals surface area (Å²) in [5.74, 6) is 0.728. The predicted octanol–water partition coefficient (Wildman–Crippen LogP) is 1.36. The smallest absolute Gasteiger partial charge is 0.213 e. The largest absolute Gasteiger partial charge is 0.376 e. The highest BCUT2D eigenvalue weighted by Gasteiger charge is 2.47. The molecule has 2 aromatic heterocycles. The predicted molar refractivity (Wildman–Crippen MR) is 92.2 cm³/mol. The molecule has 25 heavy (non-hydrogen) atoms. The number of rotatable bonds is 3. The van der Waals surface area contributed by atoms with Crippen LogP contribution in [0.4, 0.5) is 0 Å². The summed E-state index contributed by atoms with van der Waals surface area (Å²) in [4.78, 5) is 13.4. The third-order valence-electron chi connectivity index (χ3n) is 5.00. The van der Waals surface area contributed by atoms with Gasteiger partial charge in [0.05, 0.1) is 30.1 Å². The van der Waals surface area contributed by atoms with Crippen LogP contribution in [0.15, 0.2) is 30.7 Å². The molecule has 0 radical (unpaired) electrons. The SMILES string of the molecule is CCS(=O)(=O)N1CCC2(COCc3cnc(-c4cccnc4)nc32)C1. The van der Waals surface area contributed by atoms with Gasteiger partial charge in [-0.15, -0.1) is 0 Å². The van der Waals surface area contributed by atoms with E-state index in [2.05, 4.69) is 9.97 Å². The van der Waals surface area contributed by atoms with Crippen molar-refractivity contribution in [1.29, 1.82) is 0 Å². The van der Waals surface area contributed by atoms with Gasteiger partial charge in [0.15, 0.2) is 5.82 Å². The highest BCUT2D eigenvalue weighted by atomic mass is 32.2. The molecule has 1 unspecified atom stereocenters. The van der Waals surface area contributed by atoms with Crippen LogP contribution in [0, 0.1) is 0 Å². The van der Waals surface area contributed by atoms with E-state index in [0.29, 0.717) is 38.5 Å². The van der Waals surface area contributed by atoms with Crippen molar-refractivity contribution in [2.75, 3.05) is 25.4 Å². The summed E-state index contributed by atoms with van der Waals surface area (Å²) in [5.41, 5.74) is 2.31. The van der Waals surface area contributed by atoms with Crippen molar-refractivity contribution in [2.24, 2.45) is 0 Å². The van der Waals surface area contributed by atoms with Gasteiger partial charge in [0.2, 0.25) is 10.0 Å². The van der Waals surface area contributed by atoms with Gasteiger partial charge in [-0.05, 0) is 25.5 Å². The molecule has 1 fully saturated rings. The summed E-state index contributed by atoms with van der Waals surface area (Å²) < 4.78 is 31.9. The first kappa shape index (κ1) is 16.6. The van der Waals surface area contributed by atoms with Gasteiger partial charge >= 0.3 is 0 Å². The number of pyridine rings is 1.